The average molecular weight is 410 g/mol. The molecule has 0 aliphatic rings. The monoisotopic (exact) mass is 409 g/mol. The Kier molecular flexibility index (Phi) is 4.32. The molecule has 1 N–H and O–H groups in total. The van der Waals surface area contributed by atoms with Gasteiger partial charge in [-0.3, -0.25) is 0 Å². The minimum Gasteiger partial charge on any atom is -0.322 e. The van der Waals surface area contributed by atoms with Gasteiger partial charge in [0.2, 0.25) is 5.95 Å². The molecule has 4 aromatic rings. The predicted molar refractivity (Wildman–Crippen MR) is 93.8 cm³/mol. The zero-order valence-corrected chi connectivity index (χ0v) is 14.6. The maximum absolute atomic E-state index is 12.6. The zero-order valence-electron chi connectivity index (χ0n) is 13.1. The summed E-state index contributed by atoms with van der Waals surface area (Å²) in [6, 6.07) is 1.59. The lowest BCUT2D eigenvalue weighted by molar-refractivity contribution is -0.138. The molecule has 4 rings (SSSR count). The number of rotatable bonds is 3. The molecule has 0 saturated carbocycles. The standard InChI is InChI=1S/C15H7ClF3N7S/c16-12-10(24-6-27-12)9-5-21-11-8(1-2-20-13(11)25-9)26-14-22-3-7(4-23-14)15(17,18)19/h1-6H,(H,20,22,23,25,26). The number of alkyl halides is 3. The molecule has 0 aliphatic carbocycles. The van der Waals surface area contributed by atoms with E-state index in [0.29, 0.717) is 45.0 Å². The van der Waals surface area contributed by atoms with Gasteiger partial charge in [-0.2, -0.15) is 13.2 Å². The van der Waals surface area contributed by atoms with Crippen LogP contribution in [0.5, 0.6) is 0 Å². The SMILES string of the molecule is FC(F)(F)c1cnc(Nc2ccnc3nc(-c4ncsc4Cl)cnc23)nc1. The minimum absolute atomic E-state index is 0.0103. The Morgan fingerprint density at radius 3 is 2.44 bits per heavy atom. The number of nitrogens with one attached hydrogen (secondary N) is 1. The number of anilines is 2. The number of hydrogen-bond donors (Lipinski definition) is 1. The van der Waals surface area contributed by atoms with E-state index in [1.807, 2.05) is 0 Å². The van der Waals surface area contributed by atoms with Gasteiger partial charge in [0.15, 0.2) is 5.65 Å². The molecule has 0 radical (unpaired) electrons. The van der Waals surface area contributed by atoms with Crippen molar-refractivity contribution < 1.29 is 13.2 Å². The van der Waals surface area contributed by atoms with Crippen molar-refractivity contribution in [1.82, 2.24) is 29.9 Å². The van der Waals surface area contributed by atoms with Gasteiger partial charge in [-0.1, -0.05) is 11.6 Å². The Morgan fingerprint density at radius 2 is 1.78 bits per heavy atom. The molecule has 0 bridgehead atoms. The van der Waals surface area contributed by atoms with Crippen molar-refractivity contribution in [2.75, 3.05) is 5.32 Å². The highest BCUT2D eigenvalue weighted by Crippen LogP contribution is 2.31. The van der Waals surface area contributed by atoms with Crippen LogP contribution in [-0.2, 0) is 6.18 Å². The summed E-state index contributed by atoms with van der Waals surface area (Å²) in [5, 5.41) is 2.82. The van der Waals surface area contributed by atoms with Gasteiger partial charge in [0, 0.05) is 18.6 Å². The number of fused-ring (bicyclic) bond motifs is 1. The summed E-state index contributed by atoms with van der Waals surface area (Å²) in [6.45, 7) is 0. The van der Waals surface area contributed by atoms with E-state index in [-0.39, 0.29) is 5.95 Å². The van der Waals surface area contributed by atoms with E-state index in [0.717, 1.165) is 0 Å². The van der Waals surface area contributed by atoms with E-state index < -0.39 is 11.7 Å². The van der Waals surface area contributed by atoms with E-state index >= 15 is 0 Å². The normalized spacial score (nSPS) is 11.7. The van der Waals surface area contributed by atoms with Crippen LogP contribution in [0.4, 0.5) is 24.8 Å². The average Bonchev–Trinajstić information content (AvgIpc) is 3.07. The zero-order chi connectivity index (χ0) is 19.0. The first-order valence-corrected chi connectivity index (χ1v) is 8.55. The summed E-state index contributed by atoms with van der Waals surface area (Å²) >= 11 is 7.34. The molecule has 0 unspecified atom stereocenters. The number of nitrogens with zero attached hydrogens (tertiary/aromatic N) is 6. The van der Waals surface area contributed by atoms with Gasteiger partial charge in [-0.15, -0.1) is 11.3 Å². The molecule has 0 spiro atoms. The highest BCUT2D eigenvalue weighted by Gasteiger charge is 2.31. The molecule has 136 valence electrons. The van der Waals surface area contributed by atoms with Crippen molar-refractivity contribution in [3.8, 4) is 11.4 Å². The van der Waals surface area contributed by atoms with E-state index in [4.69, 9.17) is 11.6 Å². The molecule has 4 aromatic heterocycles. The summed E-state index contributed by atoms with van der Waals surface area (Å²) in [6.07, 6.45) is -0.125. The third-order valence-electron chi connectivity index (χ3n) is 3.44. The Labute approximate surface area is 158 Å². The van der Waals surface area contributed by atoms with Gasteiger partial charge in [0.1, 0.15) is 21.2 Å². The minimum atomic E-state index is -4.50. The molecule has 0 atom stereocenters. The molecule has 0 amide bonds. The number of hydrogen-bond acceptors (Lipinski definition) is 8. The molecule has 0 fully saturated rings. The predicted octanol–water partition coefficient (Wildman–Crippen LogP) is 4.35. The highest BCUT2D eigenvalue weighted by molar-refractivity contribution is 7.14. The first kappa shape index (κ1) is 17.5. The number of halogens is 4. The second-order valence-electron chi connectivity index (χ2n) is 5.18. The summed E-state index contributed by atoms with van der Waals surface area (Å²) in [5.74, 6) is -0.0103. The fourth-order valence-corrected chi connectivity index (χ4v) is 2.98. The van der Waals surface area contributed by atoms with E-state index in [1.54, 1.807) is 11.6 Å². The van der Waals surface area contributed by atoms with Crippen LogP contribution in [0.25, 0.3) is 22.6 Å². The van der Waals surface area contributed by atoms with Crippen LogP contribution in [0.15, 0.2) is 36.4 Å². The molecular formula is C15H7ClF3N7S. The fourth-order valence-electron chi connectivity index (χ4n) is 2.19. The van der Waals surface area contributed by atoms with Crippen LogP contribution < -0.4 is 5.32 Å². The Balaban J connectivity index is 1.67. The Hall–Kier alpha value is -2.92. The second-order valence-corrected chi connectivity index (χ2v) is 6.64. The maximum atomic E-state index is 12.6. The van der Waals surface area contributed by atoms with Crippen LogP contribution >= 0.6 is 22.9 Å². The van der Waals surface area contributed by atoms with Crippen molar-refractivity contribution in [3.63, 3.8) is 0 Å². The molecule has 27 heavy (non-hydrogen) atoms. The van der Waals surface area contributed by atoms with Crippen LogP contribution in [-0.4, -0.2) is 29.9 Å². The molecule has 0 aromatic carbocycles. The fraction of sp³-hybridized carbons (Fsp3) is 0.0667. The number of pyridine rings is 1. The molecule has 0 saturated heterocycles. The van der Waals surface area contributed by atoms with E-state index in [2.05, 4.69) is 35.2 Å². The summed E-state index contributed by atoms with van der Waals surface area (Å²) in [7, 11) is 0. The van der Waals surface area contributed by atoms with Crippen molar-refractivity contribution in [3.05, 3.63) is 46.3 Å². The Morgan fingerprint density at radius 1 is 1.00 bits per heavy atom. The third kappa shape index (κ3) is 3.51. The van der Waals surface area contributed by atoms with Gasteiger partial charge in [-0.25, -0.2) is 29.9 Å². The van der Waals surface area contributed by atoms with Crippen molar-refractivity contribution >= 4 is 45.7 Å². The van der Waals surface area contributed by atoms with Gasteiger partial charge < -0.3 is 5.32 Å². The van der Waals surface area contributed by atoms with E-state index in [1.165, 1.54) is 23.7 Å². The highest BCUT2D eigenvalue weighted by atomic mass is 35.5. The van der Waals surface area contributed by atoms with E-state index in [9.17, 15) is 13.2 Å². The molecular weight excluding hydrogens is 403 g/mol. The lowest BCUT2D eigenvalue weighted by Crippen LogP contribution is -2.07. The number of thiazole rings is 1. The molecule has 7 nitrogen and oxygen atoms in total. The summed E-state index contributed by atoms with van der Waals surface area (Å²) < 4.78 is 38.3. The first-order chi connectivity index (χ1) is 12.9. The first-order valence-electron chi connectivity index (χ1n) is 7.29. The maximum Gasteiger partial charge on any atom is 0.419 e. The molecule has 4 heterocycles. The van der Waals surface area contributed by atoms with Crippen LogP contribution in [0.3, 0.4) is 0 Å². The molecule has 0 aliphatic heterocycles. The van der Waals surface area contributed by atoms with Crippen LogP contribution in [0.1, 0.15) is 5.56 Å². The van der Waals surface area contributed by atoms with Gasteiger partial charge in [0.05, 0.1) is 23.0 Å². The third-order valence-corrected chi connectivity index (χ3v) is 4.50. The largest absolute Gasteiger partial charge is 0.419 e. The lowest BCUT2D eigenvalue weighted by atomic mass is 10.3. The smallest absolute Gasteiger partial charge is 0.322 e. The molecule has 12 heteroatoms. The summed E-state index contributed by atoms with van der Waals surface area (Å²) in [5.41, 5.74) is 2.79. The quantitative estimate of drug-likeness (QED) is 0.537. The summed E-state index contributed by atoms with van der Waals surface area (Å²) in [4.78, 5) is 24.4. The number of aromatic nitrogens is 6. The second kappa shape index (κ2) is 6.67. The van der Waals surface area contributed by atoms with Gasteiger partial charge in [-0.05, 0) is 6.07 Å². The topological polar surface area (TPSA) is 89.4 Å². The van der Waals surface area contributed by atoms with Crippen molar-refractivity contribution in [2.45, 2.75) is 6.18 Å². The Bertz CT molecular complexity index is 1110. The van der Waals surface area contributed by atoms with Gasteiger partial charge >= 0.3 is 6.18 Å². The van der Waals surface area contributed by atoms with Crippen molar-refractivity contribution in [1.29, 1.82) is 0 Å². The van der Waals surface area contributed by atoms with Gasteiger partial charge in [0.25, 0.3) is 0 Å². The van der Waals surface area contributed by atoms with Crippen LogP contribution in [0, 0.1) is 0 Å². The lowest BCUT2D eigenvalue weighted by Gasteiger charge is -2.09. The van der Waals surface area contributed by atoms with Crippen molar-refractivity contribution in [2.24, 2.45) is 0 Å². The van der Waals surface area contributed by atoms with Crippen LogP contribution in [0.2, 0.25) is 4.34 Å².